The Labute approximate surface area is 146 Å². The lowest BCUT2D eigenvalue weighted by Gasteiger charge is -2.06. The van der Waals surface area contributed by atoms with E-state index in [1.165, 1.54) is 23.5 Å². The van der Waals surface area contributed by atoms with Gasteiger partial charge < -0.3 is 5.32 Å². The molecule has 25 heavy (non-hydrogen) atoms. The van der Waals surface area contributed by atoms with Gasteiger partial charge in [0.1, 0.15) is 5.82 Å². The normalized spacial score (nSPS) is 10.9. The van der Waals surface area contributed by atoms with Crippen LogP contribution in [0.3, 0.4) is 0 Å². The molecule has 3 heterocycles. The number of pyridine rings is 1. The highest BCUT2D eigenvalue weighted by Gasteiger charge is 2.20. The highest BCUT2D eigenvalue weighted by Crippen LogP contribution is 2.27. The second-order valence-electron chi connectivity index (χ2n) is 5.41. The topological polar surface area (TPSA) is 59.3 Å². The highest BCUT2D eigenvalue weighted by molar-refractivity contribution is 7.15. The van der Waals surface area contributed by atoms with Gasteiger partial charge in [0.2, 0.25) is 0 Å². The highest BCUT2D eigenvalue weighted by atomic mass is 32.1. The summed E-state index contributed by atoms with van der Waals surface area (Å²) in [5.74, 6) is -0.573. The number of halogens is 1. The van der Waals surface area contributed by atoms with E-state index in [9.17, 15) is 9.18 Å². The fourth-order valence-corrected chi connectivity index (χ4v) is 3.31. The lowest BCUT2D eigenvalue weighted by molar-refractivity contribution is 0.0947. The van der Waals surface area contributed by atoms with Gasteiger partial charge in [0.25, 0.3) is 5.91 Å². The van der Waals surface area contributed by atoms with Crippen LogP contribution in [-0.2, 0) is 6.54 Å². The Hall–Kier alpha value is -3.06. The Morgan fingerprint density at radius 3 is 2.68 bits per heavy atom. The Morgan fingerprint density at radius 1 is 1.16 bits per heavy atom. The minimum absolute atomic E-state index is 0.271. The van der Waals surface area contributed by atoms with Crippen molar-refractivity contribution in [3.63, 3.8) is 0 Å². The summed E-state index contributed by atoms with van der Waals surface area (Å²) in [6.07, 6.45) is 5.25. The number of rotatable bonds is 4. The van der Waals surface area contributed by atoms with E-state index >= 15 is 0 Å². The summed E-state index contributed by atoms with van der Waals surface area (Å²) in [6.45, 7) is 0.306. The summed E-state index contributed by atoms with van der Waals surface area (Å²) >= 11 is 1.47. The quantitative estimate of drug-likeness (QED) is 0.611. The zero-order chi connectivity index (χ0) is 17.2. The number of aromatic nitrogens is 3. The molecule has 0 fully saturated rings. The predicted molar refractivity (Wildman–Crippen MR) is 93.9 cm³/mol. The second-order valence-corrected chi connectivity index (χ2v) is 6.28. The van der Waals surface area contributed by atoms with Crippen LogP contribution in [0.4, 0.5) is 4.39 Å². The lowest BCUT2D eigenvalue weighted by Crippen LogP contribution is -2.23. The van der Waals surface area contributed by atoms with Gasteiger partial charge >= 0.3 is 0 Å². The van der Waals surface area contributed by atoms with Crippen LogP contribution in [-0.4, -0.2) is 20.3 Å². The van der Waals surface area contributed by atoms with Crippen molar-refractivity contribution in [1.82, 2.24) is 19.7 Å². The second kappa shape index (κ2) is 6.45. The molecule has 0 radical (unpaired) electrons. The van der Waals surface area contributed by atoms with E-state index in [-0.39, 0.29) is 11.7 Å². The van der Waals surface area contributed by atoms with Crippen LogP contribution < -0.4 is 5.32 Å². The van der Waals surface area contributed by atoms with Crippen molar-refractivity contribution in [3.8, 4) is 11.3 Å². The number of hydrogen-bond acceptors (Lipinski definition) is 4. The van der Waals surface area contributed by atoms with Crippen LogP contribution in [0, 0.1) is 5.82 Å². The third-order valence-corrected chi connectivity index (χ3v) is 4.55. The summed E-state index contributed by atoms with van der Waals surface area (Å²) in [5, 5.41) is 4.77. The molecule has 0 saturated carbocycles. The molecular formula is C18H13FN4OS. The van der Waals surface area contributed by atoms with Gasteiger partial charge in [-0.1, -0.05) is 12.1 Å². The smallest absolute Gasteiger partial charge is 0.272 e. The molecule has 0 aliphatic rings. The molecule has 5 nitrogen and oxygen atoms in total. The summed E-state index contributed by atoms with van der Waals surface area (Å²) in [5.41, 5.74) is 2.78. The number of hydrogen-bond donors (Lipinski definition) is 1. The van der Waals surface area contributed by atoms with Crippen molar-refractivity contribution in [3.05, 3.63) is 77.4 Å². The molecule has 0 bridgehead atoms. The Kier molecular flexibility index (Phi) is 3.99. The van der Waals surface area contributed by atoms with Gasteiger partial charge in [0.05, 0.1) is 5.69 Å². The van der Waals surface area contributed by atoms with E-state index in [0.29, 0.717) is 12.2 Å². The van der Waals surface area contributed by atoms with Crippen LogP contribution in [0.15, 0.2) is 60.4 Å². The number of nitrogens with one attached hydrogen (secondary N) is 1. The molecule has 4 aromatic rings. The fourth-order valence-electron chi connectivity index (χ4n) is 2.60. The molecule has 3 aromatic heterocycles. The predicted octanol–water partition coefficient (Wildman–Crippen LogP) is 3.53. The first kappa shape index (κ1) is 15.5. The molecule has 0 unspecified atom stereocenters. The van der Waals surface area contributed by atoms with Gasteiger partial charge in [-0.3, -0.25) is 14.2 Å². The van der Waals surface area contributed by atoms with E-state index in [1.807, 2.05) is 28.1 Å². The van der Waals surface area contributed by atoms with Gasteiger partial charge in [-0.25, -0.2) is 9.37 Å². The summed E-state index contributed by atoms with van der Waals surface area (Å²) in [6, 6.07) is 9.72. The van der Waals surface area contributed by atoms with Crippen molar-refractivity contribution in [2.45, 2.75) is 6.54 Å². The van der Waals surface area contributed by atoms with E-state index in [4.69, 9.17) is 0 Å². The van der Waals surface area contributed by atoms with Gasteiger partial charge in [-0.05, 0) is 29.8 Å². The van der Waals surface area contributed by atoms with E-state index in [1.54, 1.807) is 24.5 Å². The largest absolute Gasteiger partial charge is 0.347 e. The average Bonchev–Trinajstić information content (AvgIpc) is 3.22. The van der Waals surface area contributed by atoms with Gasteiger partial charge in [0, 0.05) is 36.1 Å². The number of imidazole rings is 1. The van der Waals surface area contributed by atoms with Crippen molar-refractivity contribution < 1.29 is 9.18 Å². The number of benzene rings is 1. The molecule has 1 aromatic carbocycles. The third kappa shape index (κ3) is 3.01. The van der Waals surface area contributed by atoms with Crippen molar-refractivity contribution in [1.29, 1.82) is 0 Å². The lowest BCUT2D eigenvalue weighted by atomic mass is 10.1. The number of carbonyl (C=O) groups is 1. The maximum Gasteiger partial charge on any atom is 0.272 e. The van der Waals surface area contributed by atoms with Crippen LogP contribution in [0.5, 0.6) is 0 Å². The van der Waals surface area contributed by atoms with Gasteiger partial charge in [-0.15, -0.1) is 11.3 Å². The Morgan fingerprint density at radius 2 is 1.92 bits per heavy atom. The number of thiazole rings is 1. The molecule has 0 atom stereocenters. The SMILES string of the molecule is O=C(NCc1ccc(F)cc1)c1nc2sccn2c1-c1ccncc1. The molecule has 4 rings (SSSR count). The molecule has 0 aliphatic carbocycles. The van der Waals surface area contributed by atoms with Gasteiger partial charge in [0.15, 0.2) is 10.7 Å². The van der Waals surface area contributed by atoms with Crippen molar-refractivity contribution in [2.24, 2.45) is 0 Å². The van der Waals surface area contributed by atoms with Gasteiger partial charge in [-0.2, -0.15) is 0 Å². The minimum atomic E-state index is -0.301. The number of nitrogens with zero attached hydrogens (tertiary/aromatic N) is 3. The molecule has 1 N–H and O–H groups in total. The molecule has 1 amide bonds. The molecule has 0 aliphatic heterocycles. The fraction of sp³-hybridized carbons (Fsp3) is 0.0556. The first-order valence-electron chi connectivity index (χ1n) is 7.61. The standard InChI is InChI=1S/C18H13FN4OS/c19-14-3-1-12(2-4-14)11-21-17(24)15-16(13-5-7-20-8-6-13)23-9-10-25-18(23)22-15/h1-10H,11H2,(H,21,24). The summed E-state index contributed by atoms with van der Waals surface area (Å²) in [7, 11) is 0. The monoisotopic (exact) mass is 352 g/mol. The molecule has 7 heteroatoms. The third-order valence-electron chi connectivity index (χ3n) is 3.80. The van der Waals surface area contributed by atoms with Crippen molar-refractivity contribution in [2.75, 3.05) is 0 Å². The number of amides is 1. The van der Waals surface area contributed by atoms with E-state index in [0.717, 1.165) is 21.8 Å². The first-order chi connectivity index (χ1) is 12.2. The average molecular weight is 352 g/mol. The van der Waals surface area contributed by atoms with Crippen LogP contribution in [0.2, 0.25) is 0 Å². The Bertz CT molecular complexity index is 1020. The molecule has 0 spiro atoms. The summed E-state index contributed by atoms with van der Waals surface area (Å²) in [4.78, 5) is 21.9. The zero-order valence-corrected chi connectivity index (χ0v) is 13.8. The molecule has 124 valence electrons. The number of carbonyl (C=O) groups excluding carboxylic acids is 1. The first-order valence-corrected chi connectivity index (χ1v) is 8.49. The number of fused-ring (bicyclic) bond motifs is 1. The van der Waals surface area contributed by atoms with E-state index in [2.05, 4.69) is 15.3 Å². The van der Waals surface area contributed by atoms with Crippen LogP contribution in [0.1, 0.15) is 16.1 Å². The van der Waals surface area contributed by atoms with Crippen LogP contribution in [0.25, 0.3) is 16.2 Å². The Balaban J connectivity index is 1.65. The minimum Gasteiger partial charge on any atom is -0.347 e. The van der Waals surface area contributed by atoms with E-state index < -0.39 is 0 Å². The maximum absolute atomic E-state index is 13.0. The molecule has 0 saturated heterocycles. The maximum atomic E-state index is 13.0. The summed E-state index contributed by atoms with van der Waals surface area (Å²) < 4.78 is 14.9. The van der Waals surface area contributed by atoms with Crippen molar-refractivity contribution >= 4 is 22.2 Å². The van der Waals surface area contributed by atoms with Crippen LogP contribution >= 0.6 is 11.3 Å². The zero-order valence-electron chi connectivity index (χ0n) is 13.0. The molecular weight excluding hydrogens is 339 g/mol.